The highest BCUT2D eigenvalue weighted by atomic mass is 15.1. The second-order valence-electron chi connectivity index (χ2n) is 5.38. The summed E-state index contributed by atoms with van der Waals surface area (Å²) in [6, 6.07) is 9.40. The van der Waals surface area contributed by atoms with Crippen molar-refractivity contribution in [2.24, 2.45) is 0 Å². The molecule has 0 aliphatic rings. The second-order valence-corrected chi connectivity index (χ2v) is 5.38. The lowest BCUT2D eigenvalue weighted by Gasteiger charge is -2.20. The van der Waals surface area contributed by atoms with Crippen molar-refractivity contribution in [2.45, 2.75) is 46.3 Å². The highest BCUT2D eigenvalue weighted by Crippen LogP contribution is 2.09. The molecule has 0 radical (unpaired) electrons. The van der Waals surface area contributed by atoms with Crippen LogP contribution in [0.15, 0.2) is 36.9 Å². The van der Waals surface area contributed by atoms with Crippen LogP contribution >= 0.6 is 0 Å². The lowest BCUT2D eigenvalue weighted by molar-refractivity contribution is 0.295. The Morgan fingerprint density at radius 3 is 2.68 bits per heavy atom. The lowest BCUT2D eigenvalue weighted by Crippen LogP contribution is -2.24. The van der Waals surface area contributed by atoms with Gasteiger partial charge in [-0.3, -0.25) is 4.90 Å². The molecule has 2 heteroatoms. The van der Waals surface area contributed by atoms with Crippen LogP contribution in [0.1, 0.15) is 38.3 Å². The van der Waals surface area contributed by atoms with Crippen LogP contribution in [0.3, 0.4) is 0 Å². The standard InChI is InChI=1S/C17H28N2/c1-5-10-19(11-6-2)14-17-9-7-8-16(12-17)13-18-15(3)4/h5,7-9,12,15,18H,1,6,10-11,13-14H2,2-4H3. The first kappa shape index (κ1) is 15.9. The summed E-state index contributed by atoms with van der Waals surface area (Å²) in [5, 5.41) is 3.46. The molecular weight excluding hydrogens is 232 g/mol. The van der Waals surface area contributed by atoms with Gasteiger partial charge < -0.3 is 5.32 Å². The first-order valence-electron chi connectivity index (χ1n) is 7.30. The van der Waals surface area contributed by atoms with Crippen LogP contribution in [0.2, 0.25) is 0 Å². The van der Waals surface area contributed by atoms with Gasteiger partial charge in [0.1, 0.15) is 0 Å². The van der Waals surface area contributed by atoms with E-state index in [1.807, 2.05) is 6.08 Å². The van der Waals surface area contributed by atoms with Gasteiger partial charge in [-0.05, 0) is 24.1 Å². The molecule has 0 atom stereocenters. The molecule has 0 saturated carbocycles. The van der Waals surface area contributed by atoms with E-state index in [2.05, 4.69) is 61.8 Å². The Kier molecular flexibility index (Phi) is 7.46. The largest absolute Gasteiger partial charge is 0.310 e. The summed E-state index contributed by atoms with van der Waals surface area (Å²) < 4.78 is 0. The van der Waals surface area contributed by atoms with Gasteiger partial charge in [0.25, 0.3) is 0 Å². The minimum Gasteiger partial charge on any atom is -0.310 e. The average Bonchev–Trinajstić information content (AvgIpc) is 2.37. The number of nitrogens with zero attached hydrogens (tertiary/aromatic N) is 1. The van der Waals surface area contributed by atoms with Gasteiger partial charge in [0.05, 0.1) is 0 Å². The SMILES string of the molecule is C=CCN(CCC)Cc1cccc(CNC(C)C)c1. The molecule has 106 valence electrons. The van der Waals surface area contributed by atoms with Crippen LogP contribution in [-0.4, -0.2) is 24.0 Å². The fourth-order valence-electron chi connectivity index (χ4n) is 2.15. The topological polar surface area (TPSA) is 15.3 Å². The summed E-state index contributed by atoms with van der Waals surface area (Å²) in [6.45, 7) is 14.5. The van der Waals surface area contributed by atoms with Gasteiger partial charge in [-0.15, -0.1) is 6.58 Å². The van der Waals surface area contributed by atoms with Crippen molar-refractivity contribution >= 4 is 0 Å². The third-order valence-corrected chi connectivity index (χ3v) is 3.04. The minimum atomic E-state index is 0.529. The maximum atomic E-state index is 3.84. The Bertz CT molecular complexity index is 371. The van der Waals surface area contributed by atoms with Gasteiger partial charge in [-0.2, -0.15) is 0 Å². The second kappa shape index (κ2) is 8.89. The highest BCUT2D eigenvalue weighted by molar-refractivity contribution is 5.23. The fraction of sp³-hybridized carbons (Fsp3) is 0.529. The molecule has 0 spiro atoms. The summed E-state index contributed by atoms with van der Waals surface area (Å²) in [5.74, 6) is 0. The summed E-state index contributed by atoms with van der Waals surface area (Å²) in [4.78, 5) is 2.43. The molecule has 0 fully saturated rings. The molecule has 1 aromatic rings. The molecule has 1 aromatic carbocycles. The first-order valence-corrected chi connectivity index (χ1v) is 7.30. The van der Waals surface area contributed by atoms with Crippen molar-refractivity contribution < 1.29 is 0 Å². The normalized spacial score (nSPS) is 11.2. The van der Waals surface area contributed by atoms with Gasteiger partial charge in [0.2, 0.25) is 0 Å². The van der Waals surface area contributed by atoms with Gasteiger partial charge in [0, 0.05) is 25.7 Å². The summed E-state index contributed by atoms with van der Waals surface area (Å²) in [5.41, 5.74) is 2.75. The Balaban J connectivity index is 2.61. The minimum absolute atomic E-state index is 0.529. The van der Waals surface area contributed by atoms with E-state index in [-0.39, 0.29) is 0 Å². The quantitative estimate of drug-likeness (QED) is 0.683. The predicted molar refractivity (Wildman–Crippen MR) is 84.2 cm³/mol. The molecule has 19 heavy (non-hydrogen) atoms. The van der Waals surface area contributed by atoms with Crippen LogP contribution in [0.25, 0.3) is 0 Å². The monoisotopic (exact) mass is 260 g/mol. The van der Waals surface area contributed by atoms with E-state index in [1.54, 1.807) is 0 Å². The zero-order valence-corrected chi connectivity index (χ0v) is 12.7. The zero-order chi connectivity index (χ0) is 14.1. The van der Waals surface area contributed by atoms with Crippen molar-refractivity contribution in [3.8, 4) is 0 Å². The maximum Gasteiger partial charge on any atom is 0.0237 e. The van der Waals surface area contributed by atoms with Gasteiger partial charge in [-0.25, -0.2) is 0 Å². The molecule has 0 aliphatic carbocycles. The van der Waals surface area contributed by atoms with Crippen LogP contribution in [0.5, 0.6) is 0 Å². The Morgan fingerprint density at radius 1 is 1.32 bits per heavy atom. The van der Waals surface area contributed by atoms with Crippen LogP contribution in [-0.2, 0) is 13.1 Å². The molecule has 1 N–H and O–H groups in total. The van der Waals surface area contributed by atoms with Crippen molar-refractivity contribution in [3.63, 3.8) is 0 Å². The number of hydrogen-bond donors (Lipinski definition) is 1. The third kappa shape index (κ3) is 6.55. The zero-order valence-electron chi connectivity index (χ0n) is 12.7. The number of benzene rings is 1. The molecule has 1 rings (SSSR count). The average molecular weight is 260 g/mol. The van der Waals surface area contributed by atoms with Crippen LogP contribution in [0, 0.1) is 0 Å². The van der Waals surface area contributed by atoms with Crippen molar-refractivity contribution in [2.75, 3.05) is 13.1 Å². The van der Waals surface area contributed by atoms with Crippen LogP contribution in [0.4, 0.5) is 0 Å². The van der Waals surface area contributed by atoms with Gasteiger partial charge in [-0.1, -0.05) is 51.1 Å². The summed E-state index contributed by atoms with van der Waals surface area (Å²) in [6.07, 6.45) is 3.17. The number of hydrogen-bond acceptors (Lipinski definition) is 2. The molecule has 0 saturated heterocycles. The molecule has 2 nitrogen and oxygen atoms in total. The Morgan fingerprint density at radius 2 is 2.05 bits per heavy atom. The van der Waals surface area contributed by atoms with Crippen LogP contribution < -0.4 is 5.32 Å². The molecule has 0 bridgehead atoms. The number of nitrogens with one attached hydrogen (secondary N) is 1. The van der Waals surface area contributed by atoms with E-state index in [1.165, 1.54) is 17.5 Å². The molecule has 0 aliphatic heterocycles. The van der Waals surface area contributed by atoms with E-state index in [4.69, 9.17) is 0 Å². The third-order valence-electron chi connectivity index (χ3n) is 3.04. The van der Waals surface area contributed by atoms with Crippen molar-refractivity contribution in [1.82, 2.24) is 10.2 Å². The molecule has 0 aromatic heterocycles. The Hall–Kier alpha value is -1.12. The highest BCUT2D eigenvalue weighted by Gasteiger charge is 2.04. The van der Waals surface area contributed by atoms with E-state index < -0.39 is 0 Å². The first-order chi connectivity index (χ1) is 9.15. The van der Waals surface area contributed by atoms with E-state index in [0.717, 1.165) is 26.2 Å². The molecule has 0 amide bonds. The number of rotatable bonds is 9. The lowest BCUT2D eigenvalue weighted by atomic mass is 10.1. The molecule has 0 unspecified atom stereocenters. The van der Waals surface area contributed by atoms with Gasteiger partial charge in [0.15, 0.2) is 0 Å². The maximum absolute atomic E-state index is 3.84. The smallest absolute Gasteiger partial charge is 0.0237 e. The predicted octanol–water partition coefficient (Wildman–Crippen LogP) is 3.58. The molecule has 0 heterocycles. The van der Waals surface area contributed by atoms with Crippen molar-refractivity contribution in [3.05, 3.63) is 48.0 Å². The van der Waals surface area contributed by atoms with E-state index in [9.17, 15) is 0 Å². The fourth-order valence-corrected chi connectivity index (χ4v) is 2.15. The van der Waals surface area contributed by atoms with E-state index in [0.29, 0.717) is 6.04 Å². The Labute approximate surface area is 118 Å². The van der Waals surface area contributed by atoms with Gasteiger partial charge >= 0.3 is 0 Å². The van der Waals surface area contributed by atoms with E-state index >= 15 is 0 Å². The summed E-state index contributed by atoms with van der Waals surface area (Å²) in [7, 11) is 0. The molecular formula is C17H28N2. The summed E-state index contributed by atoms with van der Waals surface area (Å²) >= 11 is 0. The van der Waals surface area contributed by atoms with Crippen molar-refractivity contribution in [1.29, 1.82) is 0 Å².